The van der Waals surface area contributed by atoms with Crippen molar-refractivity contribution in [3.05, 3.63) is 52.5 Å². The summed E-state index contributed by atoms with van der Waals surface area (Å²) < 4.78 is 39.0. The van der Waals surface area contributed by atoms with Crippen LogP contribution in [-0.2, 0) is 14.8 Å². The normalized spacial score (nSPS) is 11.7. The zero-order chi connectivity index (χ0) is 21.0. The van der Waals surface area contributed by atoms with E-state index in [1.54, 1.807) is 11.3 Å². The molecule has 0 atom stereocenters. The first-order valence-corrected chi connectivity index (χ1v) is 11.9. The van der Waals surface area contributed by atoms with E-state index in [1.807, 2.05) is 24.4 Å². The van der Waals surface area contributed by atoms with E-state index in [4.69, 9.17) is 0 Å². The predicted molar refractivity (Wildman–Crippen MR) is 114 cm³/mol. The number of nitrogens with zero attached hydrogens (tertiary/aromatic N) is 2. The number of carbonyl (C=O) groups excluding carboxylic acids is 1. The molecule has 1 amide bonds. The highest BCUT2D eigenvalue weighted by Crippen LogP contribution is 2.30. The number of anilines is 1. The van der Waals surface area contributed by atoms with Gasteiger partial charge in [-0.15, -0.1) is 22.7 Å². The van der Waals surface area contributed by atoms with Crippen molar-refractivity contribution in [3.8, 4) is 10.6 Å². The van der Waals surface area contributed by atoms with Gasteiger partial charge in [0, 0.05) is 30.3 Å². The molecule has 0 unspecified atom stereocenters. The Morgan fingerprint density at radius 2 is 1.93 bits per heavy atom. The van der Waals surface area contributed by atoms with Crippen molar-refractivity contribution in [2.75, 3.05) is 18.9 Å². The fourth-order valence-electron chi connectivity index (χ4n) is 2.57. The van der Waals surface area contributed by atoms with Crippen molar-refractivity contribution in [1.29, 1.82) is 0 Å². The molecule has 3 aromatic rings. The Bertz CT molecular complexity index is 1090. The van der Waals surface area contributed by atoms with Crippen LogP contribution in [0.2, 0.25) is 0 Å². The minimum Gasteiger partial charge on any atom is -0.302 e. The number of halogens is 1. The Kier molecular flexibility index (Phi) is 6.78. The van der Waals surface area contributed by atoms with Crippen molar-refractivity contribution in [1.82, 2.24) is 9.29 Å². The van der Waals surface area contributed by atoms with Crippen LogP contribution in [0.4, 0.5) is 9.52 Å². The van der Waals surface area contributed by atoms with Crippen molar-refractivity contribution < 1.29 is 17.6 Å². The number of aryl methyl sites for hydroxylation is 1. The maximum absolute atomic E-state index is 13.0. The number of hydrogen-bond acceptors (Lipinski definition) is 6. The molecule has 10 heteroatoms. The standard InChI is InChI=1S/C19H20FN3O3S3/c1-13-5-10-17(28-13)16-12-27-19(21-16)22-18(24)4-3-11-23(2)29(25,26)15-8-6-14(20)7-9-15/h5-10,12H,3-4,11H2,1-2H3,(H,21,22,24). The molecule has 3 rings (SSSR count). The van der Waals surface area contributed by atoms with Crippen molar-refractivity contribution >= 4 is 43.7 Å². The van der Waals surface area contributed by atoms with Crippen LogP contribution in [0.3, 0.4) is 0 Å². The average Bonchev–Trinajstić information content (AvgIpc) is 3.30. The summed E-state index contributed by atoms with van der Waals surface area (Å²) in [6.07, 6.45) is 0.515. The van der Waals surface area contributed by atoms with Gasteiger partial charge in [0.05, 0.1) is 15.5 Å². The Morgan fingerprint density at radius 3 is 2.59 bits per heavy atom. The third-order valence-corrected chi connectivity index (χ3v) is 7.79. The van der Waals surface area contributed by atoms with E-state index in [0.29, 0.717) is 11.6 Å². The topological polar surface area (TPSA) is 79.4 Å². The van der Waals surface area contributed by atoms with E-state index < -0.39 is 15.8 Å². The average molecular weight is 454 g/mol. The predicted octanol–water partition coefficient (Wildman–Crippen LogP) is 4.36. The molecule has 2 aromatic heterocycles. The van der Waals surface area contributed by atoms with Gasteiger partial charge in [0.15, 0.2) is 5.13 Å². The maximum atomic E-state index is 13.0. The molecule has 0 spiro atoms. The lowest BCUT2D eigenvalue weighted by Gasteiger charge is -2.16. The number of thiophene rings is 1. The Labute approximate surface area is 177 Å². The van der Waals surface area contributed by atoms with Crippen LogP contribution < -0.4 is 5.32 Å². The van der Waals surface area contributed by atoms with Gasteiger partial charge < -0.3 is 5.32 Å². The summed E-state index contributed by atoms with van der Waals surface area (Å²) >= 11 is 2.99. The molecular formula is C19H20FN3O3S3. The van der Waals surface area contributed by atoms with Crippen LogP contribution in [0, 0.1) is 12.7 Å². The molecule has 0 fully saturated rings. The third kappa shape index (κ3) is 5.47. The summed E-state index contributed by atoms with van der Waals surface area (Å²) in [5.74, 6) is -0.719. The molecule has 0 aliphatic heterocycles. The number of rotatable bonds is 8. The first-order chi connectivity index (χ1) is 13.8. The molecule has 0 saturated carbocycles. The second-order valence-corrected chi connectivity index (χ2v) is 10.6. The van der Waals surface area contributed by atoms with E-state index in [0.717, 1.165) is 27.0 Å². The highest BCUT2D eigenvalue weighted by molar-refractivity contribution is 7.89. The summed E-state index contributed by atoms with van der Waals surface area (Å²) in [5, 5.41) is 5.16. The second kappa shape index (κ2) is 9.12. The van der Waals surface area contributed by atoms with E-state index in [1.165, 1.54) is 35.4 Å². The molecule has 6 nitrogen and oxygen atoms in total. The lowest BCUT2D eigenvalue weighted by molar-refractivity contribution is -0.116. The van der Waals surface area contributed by atoms with E-state index >= 15 is 0 Å². The molecule has 0 aliphatic carbocycles. The molecule has 0 bridgehead atoms. The molecule has 154 valence electrons. The largest absolute Gasteiger partial charge is 0.302 e. The Balaban J connectivity index is 1.49. The zero-order valence-electron chi connectivity index (χ0n) is 15.9. The van der Waals surface area contributed by atoms with Crippen LogP contribution in [0.25, 0.3) is 10.6 Å². The number of aromatic nitrogens is 1. The van der Waals surface area contributed by atoms with Crippen molar-refractivity contribution in [3.63, 3.8) is 0 Å². The quantitative estimate of drug-likeness (QED) is 0.550. The van der Waals surface area contributed by atoms with E-state index in [-0.39, 0.29) is 23.8 Å². The number of benzene rings is 1. The monoisotopic (exact) mass is 453 g/mol. The van der Waals surface area contributed by atoms with Crippen molar-refractivity contribution in [2.24, 2.45) is 0 Å². The van der Waals surface area contributed by atoms with Gasteiger partial charge in [0.1, 0.15) is 5.82 Å². The van der Waals surface area contributed by atoms with Crippen LogP contribution >= 0.6 is 22.7 Å². The molecule has 29 heavy (non-hydrogen) atoms. The number of nitrogens with one attached hydrogen (secondary N) is 1. The molecular weight excluding hydrogens is 433 g/mol. The van der Waals surface area contributed by atoms with Crippen LogP contribution in [0.5, 0.6) is 0 Å². The molecule has 1 N–H and O–H groups in total. The molecule has 0 saturated heterocycles. The fraction of sp³-hybridized carbons (Fsp3) is 0.263. The van der Waals surface area contributed by atoms with Crippen LogP contribution in [0.1, 0.15) is 17.7 Å². The Morgan fingerprint density at radius 1 is 1.21 bits per heavy atom. The summed E-state index contributed by atoms with van der Waals surface area (Å²) in [6.45, 7) is 2.20. The lowest BCUT2D eigenvalue weighted by Crippen LogP contribution is -2.28. The smallest absolute Gasteiger partial charge is 0.242 e. The van der Waals surface area contributed by atoms with E-state index in [9.17, 15) is 17.6 Å². The van der Waals surface area contributed by atoms with Crippen LogP contribution in [-0.4, -0.2) is 37.2 Å². The first kappa shape index (κ1) is 21.6. The summed E-state index contributed by atoms with van der Waals surface area (Å²) in [7, 11) is -2.27. The minimum atomic E-state index is -3.71. The summed E-state index contributed by atoms with van der Waals surface area (Å²) in [5.41, 5.74) is 0.827. The number of carbonyl (C=O) groups is 1. The molecule has 0 radical (unpaired) electrons. The first-order valence-electron chi connectivity index (χ1n) is 8.80. The second-order valence-electron chi connectivity index (χ2n) is 6.38. The third-order valence-electron chi connectivity index (χ3n) is 4.14. The number of hydrogen-bond donors (Lipinski definition) is 1. The fourth-order valence-corrected chi connectivity index (χ4v) is 5.41. The maximum Gasteiger partial charge on any atom is 0.242 e. The number of thiazole rings is 1. The van der Waals surface area contributed by atoms with Gasteiger partial charge in [-0.3, -0.25) is 4.79 Å². The number of amides is 1. The van der Waals surface area contributed by atoms with Gasteiger partial charge in [0.25, 0.3) is 0 Å². The Hall–Kier alpha value is -2.14. The zero-order valence-corrected chi connectivity index (χ0v) is 18.3. The van der Waals surface area contributed by atoms with Gasteiger partial charge in [-0.25, -0.2) is 22.1 Å². The highest BCUT2D eigenvalue weighted by atomic mass is 32.2. The van der Waals surface area contributed by atoms with E-state index in [2.05, 4.69) is 10.3 Å². The number of sulfonamides is 1. The SMILES string of the molecule is Cc1ccc(-c2csc(NC(=O)CCCN(C)S(=O)(=O)c3ccc(F)cc3)n2)s1. The molecule has 0 aliphatic rings. The summed E-state index contributed by atoms with van der Waals surface area (Å²) in [6, 6.07) is 8.68. The molecule has 1 aromatic carbocycles. The van der Waals surface area contributed by atoms with Crippen LogP contribution in [0.15, 0.2) is 46.7 Å². The van der Waals surface area contributed by atoms with Gasteiger partial charge in [0.2, 0.25) is 15.9 Å². The summed E-state index contributed by atoms with van der Waals surface area (Å²) in [4.78, 5) is 18.8. The minimum absolute atomic E-state index is 0.0185. The van der Waals surface area contributed by atoms with Gasteiger partial charge >= 0.3 is 0 Å². The molecule has 2 heterocycles. The van der Waals surface area contributed by atoms with Crippen molar-refractivity contribution in [2.45, 2.75) is 24.7 Å². The van der Waals surface area contributed by atoms with Gasteiger partial charge in [-0.2, -0.15) is 0 Å². The van der Waals surface area contributed by atoms with Gasteiger partial charge in [-0.05, 0) is 49.7 Å². The van der Waals surface area contributed by atoms with Gasteiger partial charge in [-0.1, -0.05) is 0 Å². The highest BCUT2D eigenvalue weighted by Gasteiger charge is 2.20. The lowest BCUT2D eigenvalue weighted by atomic mass is 10.3.